The van der Waals surface area contributed by atoms with Crippen molar-refractivity contribution < 1.29 is 0 Å². The minimum absolute atomic E-state index is 0.0741. The van der Waals surface area contributed by atoms with Gasteiger partial charge < -0.3 is 10.6 Å². The third kappa shape index (κ3) is 3.76. The highest BCUT2D eigenvalue weighted by Gasteiger charge is 2.25. The lowest BCUT2D eigenvalue weighted by molar-refractivity contribution is 0.501. The van der Waals surface area contributed by atoms with Crippen LogP contribution in [0, 0.1) is 0 Å². The van der Waals surface area contributed by atoms with E-state index in [4.69, 9.17) is 15.7 Å². The molecule has 7 heteroatoms. The fourth-order valence-electron chi connectivity index (χ4n) is 5.44. The number of aromatic nitrogens is 5. The monoisotopic (exact) mass is 439 g/mol. The van der Waals surface area contributed by atoms with E-state index in [-0.39, 0.29) is 6.04 Å². The summed E-state index contributed by atoms with van der Waals surface area (Å²) < 4.78 is 0. The first-order valence-electron chi connectivity index (χ1n) is 12.0. The highest BCUT2D eigenvalue weighted by atomic mass is 15.3. The van der Waals surface area contributed by atoms with Gasteiger partial charge in [0.15, 0.2) is 17.0 Å². The highest BCUT2D eigenvalue weighted by Crippen LogP contribution is 2.36. The zero-order valence-electron chi connectivity index (χ0n) is 18.7. The van der Waals surface area contributed by atoms with Gasteiger partial charge in [-0.1, -0.05) is 24.3 Å². The summed E-state index contributed by atoms with van der Waals surface area (Å²) in [6.45, 7) is 0.906. The number of nitrogens with one attached hydrogen (secondary N) is 1. The van der Waals surface area contributed by atoms with Gasteiger partial charge in [-0.3, -0.25) is 10.1 Å². The van der Waals surface area contributed by atoms with E-state index in [9.17, 15) is 0 Å². The molecule has 0 unspecified atom stereocenters. The molecule has 4 heterocycles. The minimum atomic E-state index is 0.0741. The summed E-state index contributed by atoms with van der Waals surface area (Å²) >= 11 is 0. The lowest BCUT2D eigenvalue weighted by Gasteiger charge is -2.28. The Hall–Kier alpha value is -3.32. The molecule has 0 amide bonds. The van der Waals surface area contributed by atoms with Crippen LogP contribution in [0.2, 0.25) is 0 Å². The van der Waals surface area contributed by atoms with Crippen LogP contribution in [0.5, 0.6) is 0 Å². The van der Waals surface area contributed by atoms with Crippen molar-refractivity contribution >= 4 is 22.7 Å². The van der Waals surface area contributed by atoms with Crippen molar-refractivity contribution in [1.82, 2.24) is 25.1 Å². The molecule has 2 aliphatic rings. The molecule has 1 aliphatic heterocycles. The molecule has 0 saturated carbocycles. The first-order valence-corrected chi connectivity index (χ1v) is 12.0. The van der Waals surface area contributed by atoms with E-state index in [1.54, 1.807) is 0 Å². The van der Waals surface area contributed by atoms with Crippen molar-refractivity contribution in [1.29, 1.82) is 0 Å². The molecule has 1 aromatic carbocycles. The number of rotatable bonds is 2. The van der Waals surface area contributed by atoms with Gasteiger partial charge in [-0.05, 0) is 68.2 Å². The Morgan fingerprint density at radius 3 is 2.88 bits per heavy atom. The van der Waals surface area contributed by atoms with Crippen molar-refractivity contribution in [3.8, 4) is 0 Å². The fourth-order valence-corrected chi connectivity index (χ4v) is 5.44. The van der Waals surface area contributed by atoms with Crippen molar-refractivity contribution in [3.05, 3.63) is 71.3 Å². The molecule has 0 saturated heterocycles. The van der Waals surface area contributed by atoms with Crippen LogP contribution in [0.1, 0.15) is 66.6 Å². The largest absolute Gasteiger partial charge is 0.324 e. The van der Waals surface area contributed by atoms with E-state index in [1.807, 2.05) is 18.5 Å². The molecule has 0 fully saturated rings. The molecule has 0 radical (unpaired) electrons. The number of hydrogen-bond donors (Lipinski definition) is 2. The van der Waals surface area contributed by atoms with E-state index in [0.717, 1.165) is 85.5 Å². The van der Waals surface area contributed by atoms with Crippen LogP contribution < -0.4 is 10.6 Å². The number of pyridine rings is 1. The maximum Gasteiger partial charge on any atom is 0.183 e. The van der Waals surface area contributed by atoms with Crippen molar-refractivity contribution in [2.24, 2.45) is 5.73 Å². The summed E-state index contributed by atoms with van der Waals surface area (Å²) in [5, 5.41) is 7.77. The van der Waals surface area contributed by atoms with Gasteiger partial charge in [0.25, 0.3) is 0 Å². The summed E-state index contributed by atoms with van der Waals surface area (Å²) in [6.07, 6.45) is 11.1. The van der Waals surface area contributed by atoms with Crippen LogP contribution in [-0.4, -0.2) is 31.7 Å². The normalized spacial score (nSPS) is 21.1. The summed E-state index contributed by atoms with van der Waals surface area (Å²) in [5.74, 6) is 1.19. The Balaban J connectivity index is 1.28. The van der Waals surface area contributed by atoms with Gasteiger partial charge >= 0.3 is 0 Å². The van der Waals surface area contributed by atoms with Crippen molar-refractivity contribution in [2.45, 2.75) is 56.9 Å². The quantitative estimate of drug-likeness (QED) is 0.469. The molecule has 1 aliphatic carbocycles. The maximum absolute atomic E-state index is 6.58. The summed E-state index contributed by atoms with van der Waals surface area (Å²) in [7, 11) is 0. The Kier molecular flexibility index (Phi) is 5.26. The Labute approximate surface area is 193 Å². The molecule has 168 valence electrons. The van der Waals surface area contributed by atoms with Gasteiger partial charge in [0.05, 0.1) is 17.1 Å². The molecule has 4 aromatic rings. The fraction of sp³-hybridized carbons (Fsp3) is 0.385. The Bertz CT molecular complexity index is 1280. The number of nitrogens with two attached hydrogens (primary N) is 1. The molecule has 7 nitrogen and oxygen atoms in total. The molecular formula is C26H29N7. The number of hydrogen-bond acceptors (Lipinski definition) is 6. The second kappa shape index (κ2) is 8.56. The van der Waals surface area contributed by atoms with Gasteiger partial charge in [0.2, 0.25) is 0 Å². The second-order valence-electron chi connectivity index (χ2n) is 9.24. The van der Waals surface area contributed by atoms with Gasteiger partial charge in [0.1, 0.15) is 0 Å². The zero-order chi connectivity index (χ0) is 22.2. The van der Waals surface area contributed by atoms with Crippen LogP contribution in [0.25, 0.3) is 11.2 Å². The number of H-pyrrole nitrogens is 1. The number of benzene rings is 1. The van der Waals surface area contributed by atoms with Gasteiger partial charge in [-0.25, -0.2) is 9.97 Å². The van der Waals surface area contributed by atoms with Crippen LogP contribution in [-0.2, 0) is 12.8 Å². The topological polar surface area (TPSA) is 96.6 Å². The lowest BCUT2D eigenvalue weighted by atomic mass is 9.92. The Morgan fingerprint density at radius 1 is 0.970 bits per heavy atom. The molecular weight excluding hydrogens is 410 g/mol. The van der Waals surface area contributed by atoms with Gasteiger partial charge in [0, 0.05) is 30.9 Å². The highest BCUT2D eigenvalue weighted by molar-refractivity contribution is 5.86. The average Bonchev–Trinajstić information content (AvgIpc) is 3.31. The molecule has 3 aromatic heterocycles. The van der Waals surface area contributed by atoms with E-state index in [2.05, 4.69) is 50.4 Å². The summed E-state index contributed by atoms with van der Waals surface area (Å²) in [5.41, 5.74) is 14.1. The maximum atomic E-state index is 6.58. The second-order valence-corrected chi connectivity index (χ2v) is 9.24. The van der Waals surface area contributed by atoms with E-state index < -0.39 is 0 Å². The number of nitrogens with zero attached hydrogens (tertiary/aromatic N) is 5. The van der Waals surface area contributed by atoms with Crippen LogP contribution in [0.3, 0.4) is 0 Å². The third-order valence-corrected chi connectivity index (χ3v) is 7.18. The number of anilines is 2. The molecule has 3 N–H and O–H groups in total. The van der Waals surface area contributed by atoms with E-state index in [1.165, 1.54) is 11.1 Å². The van der Waals surface area contributed by atoms with Gasteiger partial charge in [-0.15, -0.1) is 0 Å². The van der Waals surface area contributed by atoms with Crippen LogP contribution in [0.15, 0.2) is 48.8 Å². The van der Waals surface area contributed by atoms with Crippen molar-refractivity contribution in [3.63, 3.8) is 0 Å². The lowest BCUT2D eigenvalue weighted by Crippen LogP contribution is -2.25. The molecule has 6 rings (SSSR count). The summed E-state index contributed by atoms with van der Waals surface area (Å²) in [6, 6.07) is 12.8. The number of fused-ring (bicyclic) bond motifs is 3. The smallest absolute Gasteiger partial charge is 0.183 e. The molecule has 33 heavy (non-hydrogen) atoms. The van der Waals surface area contributed by atoms with E-state index in [0.29, 0.717) is 5.92 Å². The summed E-state index contributed by atoms with van der Waals surface area (Å²) in [4.78, 5) is 16.6. The van der Waals surface area contributed by atoms with Crippen LogP contribution in [0.4, 0.5) is 11.5 Å². The zero-order valence-corrected chi connectivity index (χ0v) is 18.7. The predicted molar refractivity (Wildman–Crippen MR) is 130 cm³/mol. The minimum Gasteiger partial charge on any atom is -0.324 e. The van der Waals surface area contributed by atoms with Gasteiger partial charge in [-0.2, -0.15) is 5.10 Å². The SMILES string of the molecule is N[C@H]1CC[C@@H](c2cnc3c(N4CCCc5ncccc54)n[nH]c3n2)CCCc2ccccc21. The number of aryl methyl sites for hydroxylation is 2. The average molecular weight is 440 g/mol. The van der Waals surface area contributed by atoms with Crippen molar-refractivity contribution in [2.75, 3.05) is 11.4 Å². The molecule has 2 atom stereocenters. The standard InChI is InChI=1S/C26H29N7/c27-20-13-12-18(8-3-7-17-6-1-2-9-19(17)20)22-16-29-24-25(30-22)31-32-26(24)33-15-5-10-21-23(33)11-4-14-28-21/h1-2,4,6,9,11,14,16,18,20H,3,5,7-8,10,12-13,15,27H2,(H,30,31,32)/t18-,20-/m0/s1. The number of aromatic amines is 1. The first kappa shape index (κ1) is 20.3. The molecule has 0 spiro atoms. The predicted octanol–water partition coefficient (Wildman–Crippen LogP) is 4.73. The van der Waals surface area contributed by atoms with Crippen LogP contribution >= 0.6 is 0 Å². The third-order valence-electron chi connectivity index (χ3n) is 7.18. The Morgan fingerprint density at radius 2 is 1.91 bits per heavy atom. The molecule has 0 bridgehead atoms. The first-order chi connectivity index (χ1) is 16.3. The van der Waals surface area contributed by atoms with E-state index >= 15 is 0 Å².